The van der Waals surface area contributed by atoms with Gasteiger partial charge in [-0.3, -0.25) is 0 Å². The molecule has 0 amide bonds. The Morgan fingerprint density at radius 2 is 1.76 bits per heavy atom. The molecule has 0 radical (unpaired) electrons. The monoisotopic (exact) mass is 276 g/mol. The van der Waals surface area contributed by atoms with E-state index in [9.17, 15) is 10.2 Å². The summed E-state index contributed by atoms with van der Waals surface area (Å²) in [6, 6.07) is 5.10. The third kappa shape index (κ3) is 4.14. The van der Waals surface area contributed by atoms with Gasteiger partial charge < -0.3 is 10.2 Å². The second-order valence-corrected chi connectivity index (χ2v) is 6.16. The molecule has 0 saturated heterocycles. The summed E-state index contributed by atoms with van der Waals surface area (Å²) in [7, 11) is 0. The molecule has 0 bridgehead atoms. The van der Waals surface area contributed by atoms with Gasteiger partial charge in [-0.2, -0.15) is 0 Å². The smallest absolute Gasteiger partial charge is 0.0850 e. The maximum absolute atomic E-state index is 9.97. The highest BCUT2D eigenvalue weighted by Crippen LogP contribution is 2.27. The average Bonchev–Trinajstić information content (AvgIpc) is 2.21. The molecule has 0 aliphatic heterocycles. The van der Waals surface area contributed by atoms with Gasteiger partial charge in [0.2, 0.25) is 0 Å². The van der Waals surface area contributed by atoms with E-state index >= 15 is 0 Å². The van der Waals surface area contributed by atoms with Crippen molar-refractivity contribution < 1.29 is 10.2 Å². The first kappa shape index (κ1) is 14.8. The Morgan fingerprint density at radius 3 is 2.29 bits per heavy atom. The van der Waals surface area contributed by atoms with Crippen molar-refractivity contribution in [2.24, 2.45) is 5.41 Å². The Morgan fingerprint density at radius 1 is 1.18 bits per heavy atom. The van der Waals surface area contributed by atoms with E-state index in [0.717, 1.165) is 5.56 Å². The van der Waals surface area contributed by atoms with Gasteiger partial charge in [0.05, 0.1) is 12.2 Å². The molecule has 0 aliphatic carbocycles. The van der Waals surface area contributed by atoms with Crippen molar-refractivity contribution in [3.05, 3.63) is 33.8 Å². The Bertz CT molecular complexity index is 385. The Kier molecular flexibility index (Phi) is 4.85. The van der Waals surface area contributed by atoms with Crippen molar-refractivity contribution in [3.63, 3.8) is 0 Å². The molecule has 1 aromatic rings. The fourth-order valence-electron chi connectivity index (χ4n) is 1.61. The number of hydrogen-bond acceptors (Lipinski definition) is 2. The third-order valence-corrected chi connectivity index (χ3v) is 3.29. The largest absolute Gasteiger partial charge is 0.390 e. The van der Waals surface area contributed by atoms with Crippen LogP contribution < -0.4 is 0 Å². The minimum Gasteiger partial charge on any atom is -0.390 e. The van der Waals surface area contributed by atoms with Crippen LogP contribution in [0.3, 0.4) is 0 Å². The summed E-state index contributed by atoms with van der Waals surface area (Å²) in [5, 5.41) is 21.0. The van der Waals surface area contributed by atoms with Crippen molar-refractivity contribution in [2.75, 3.05) is 0 Å². The summed E-state index contributed by atoms with van der Waals surface area (Å²) in [5.74, 6) is 0. The first-order chi connectivity index (χ1) is 7.71. The van der Waals surface area contributed by atoms with Gasteiger partial charge >= 0.3 is 0 Å². The lowest BCUT2D eigenvalue weighted by atomic mass is 9.84. The van der Waals surface area contributed by atoms with E-state index in [2.05, 4.69) is 0 Å². The van der Waals surface area contributed by atoms with Crippen molar-refractivity contribution in [1.29, 1.82) is 0 Å². The fourth-order valence-corrected chi connectivity index (χ4v) is 2.00. The maximum atomic E-state index is 9.97. The van der Waals surface area contributed by atoms with Crippen LogP contribution in [-0.2, 0) is 6.42 Å². The topological polar surface area (TPSA) is 40.5 Å². The van der Waals surface area contributed by atoms with Crippen molar-refractivity contribution in [3.8, 4) is 0 Å². The molecule has 2 atom stereocenters. The molecule has 0 aromatic heterocycles. The molecule has 1 aromatic carbocycles. The number of aliphatic hydroxyl groups is 2. The SMILES string of the molecule is CC(C)(C)C(O)C(O)Cc1cc(Cl)ccc1Cl. The van der Waals surface area contributed by atoms with E-state index in [1.807, 2.05) is 20.8 Å². The van der Waals surface area contributed by atoms with Gasteiger partial charge in [0, 0.05) is 16.5 Å². The van der Waals surface area contributed by atoms with Crippen LogP contribution in [0.5, 0.6) is 0 Å². The molecule has 4 heteroatoms. The number of hydrogen-bond donors (Lipinski definition) is 2. The first-order valence-electron chi connectivity index (χ1n) is 5.52. The van der Waals surface area contributed by atoms with Crippen LogP contribution in [0.25, 0.3) is 0 Å². The lowest BCUT2D eigenvalue weighted by Crippen LogP contribution is -2.38. The predicted octanol–water partition coefficient (Wildman–Crippen LogP) is 3.30. The lowest BCUT2D eigenvalue weighted by molar-refractivity contribution is -0.0433. The van der Waals surface area contributed by atoms with Crippen LogP contribution in [0.15, 0.2) is 18.2 Å². The number of halogens is 2. The van der Waals surface area contributed by atoms with Gasteiger partial charge in [0.25, 0.3) is 0 Å². The quantitative estimate of drug-likeness (QED) is 0.890. The van der Waals surface area contributed by atoms with Gasteiger partial charge in [0.15, 0.2) is 0 Å². The molecule has 0 spiro atoms. The molecule has 2 nitrogen and oxygen atoms in total. The first-order valence-corrected chi connectivity index (χ1v) is 6.27. The van der Waals surface area contributed by atoms with E-state index in [1.54, 1.807) is 18.2 Å². The van der Waals surface area contributed by atoms with Gasteiger partial charge in [-0.15, -0.1) is 0 Å². The fraction of sp³-hybridized carbons (Fsp3) is 0.538. The van der Waals surface area contributed by atoms with E-state index in [0.29, 0.717) is 10.0 Å². The zero-order chi connectivity index (χ0) is 13.2. The van der Waals surface area contributed by atoms with Crippen LogP contribution in [0.4, 0.5) is 0 Å². The second-order valence-electron chi connectivity index (χ2n) is 5.32. The number of aliphatic hydroxyl groups excluding tert-OH is 2. The van der Waals surface area contributed by atoms with Gasteiger partial charge in [-0.05, 0) is 29.2 Å². The van der Waals surface area contributed by atoms with E-state index < -0.39 is 12.2 Å². The standard InChI is InChI=1S/C13H18Cl2O2/c1-13(2,3)12(17)11(16)7-8-6-9(14)4-5-10(8)15/h4-6,11-12,16-17H,7H2,1-3H3. The zero-order valence-corrected chi connectivity index (χ0v) is 11.8. The molecule has 0 aliphatic rings. The zero-order valence-electron chi connectivity index (χ0n) is 10.2. The van der Waals surface area contributed by atoms with Crippen LogP contribution in [-0.4, -0.2) is 22.4 Å². The summed E-state index contributed by atoms with van der Waals surface area (Å²) >= 11 is 11.9. The van der Waals surface area contributed by atoms with E-state index in [-0.39, 0.29) is 11.8 Å². The van der Waals surface area contributed by atoms with E-state index in [1.165, 1.54) is 0 Å². The summed E-state index contributed by atoms with van der Waals surface area (Å²) in [6.45, 7) is 5.63. The number of benzene rings is 1. The average molecular weight is 277 g/mol. The van der Waals surface area contributed by atoms with Crippen molar-refractivity contribution in [1.82, 2.24) is 0 Å². The molecular formula is C13H18Cl2O2. The molecule has 0 saturated carbocycles. The maximum Gasteiger partial charge on any atom is 0.0850 e. The Balaban J connectivity index is 2.81. The van der Waals surface area contributed by atoms with Crippen molar-refractivity contribution in [2.45, 2.75) is 39.4 Å². The van der Waals surface area contributed by atoms with Gasteiger partial charge in [-0.25, -0.2) is 0 Å². The van der Waals surface area contributed by atoms with Crippen LogP contribution >= 0.6 is 23.2 Å². The molecule has 2 unspecified atom stereocenters. The third-order valence-electron chi connectivity index (χ3n) is 2.69. The highest BCUT2D eigenvalue weighted by atomic mass is 35.5. The van der Waals surface area contributed by atoms with Crippen LogP contribution in [0.2, 0.25) is 10.0 Å². The molecule has 2 N–H and O–H groups in total. The predicted molar refractivity (Wildman–Crippen MR) is 71.6 cm³/mol. The van der Waals surface area contributed by atoms with Gasteiger partial charge in [0.1, 0.15) is 0 Å². The summed E-state index contributed by atoms with van der Waals surface area (Å²) in [5.41, 5.74) is 0.375. The second kappa shape index (κ2) is 5.57. The Hall–Kier alpha value is -0.280. The normalized spacial score (nSPS) is 15.7. The van der Waals surface area contributed by atoms with Crippen LogP contribution in [0.1, 0.15) is 26.3 Å². The highest BCUT2D eigenvalue weighted by molar-refractivity contribution is 6.33. The minimum atomic E-state index is -0.856. The van der Waals surface area contributed by atoms with Crippen LogP contribution in [0, 0.1) is 5.41 Å². The molecule has 17 heavy (non-hydrogen) atoms. The summed E-state index contributed by atoms with van der Waals surface area (Å²) < 4.78 is 0. The van der Waals surface area contributed by atoms with E-state index in [4.69, 9.17) is 23.2 Å². The molecular weight excluding hydrogens is 259 g/mol. The molecule has 0 heterocycles. The highest BCUT2D eigenvalue weighted by Gasteiger charge is 2.29. The lowest BCUT2D eigenvalue weighted by Gasteiger charge is -2.30. The number of rotatable bonds is 3. The molecule has 96 valence electrons. The van der Waals surface area contributed by atoms with Crippen molar-refractivity contribution >= 4 is 23.2 Å². The minimum absolute atomic E-state index is 0.290. The summed E-state index contributed by atoms with van der Waals surface area (Å²) in [6.07, 6.45) is -1.37. The molecule has 0 fully saturated rings. The van der Waals surface area contributed by atoms with Gasteiger partial charge in [-0.1, -0.05) is 44.0 Å². The Labute approximate surface area is 112 Å². The summed E-state index contributed by atoms with van der Waals surface area (Å²) in [4.78, 5) is 0. The molecule has 1 rings (SSSR count).